The molecule has 0 aliphatic rings. The summed E-state index contributed by atoms with van der Waals surface area (Å²) in [5.41, 5.74) is 7.92. The lowest BCUT2D eigenvalue weighted by Gasteiger charge is -2.18. The minimum atomic E-state index is -0.0644. The van der Waals surface area contributed by atoms with Crippen LogP contribution in [0.1, 0.15) is 21.6 Å². The van der Waals surface area contributed by atoms with E-state index in [9.17, 15) is 4.79 Å². The van der Waals surface area contributed by atoms with Gasteiger partial charge >= 0.3 is 0 Å². The Morgan fingerprint density at radius 3 is 2.82 bits per heavy atom. The van der Waals surface area contributed by atoms with Crippen molar-refractivity contribution in [3.05, 3.63) is 59.4 Å². The second-order valence-electron chi connectivity index (χ2n) is 5.08. The average Bonchev–Trinajstić information content (AvgIpc) is 2.55. The van der Waals surface area contributed by atoms with Gasteiger partial charge in [0.2, 0.25) is 0 Å². The maximum atomic E-state index is 12.3. The van der Waals surface area contributed by atoms with E-state index in [1.54, 1.807) is 30.3 Å². The Hall–Kier alpha value is -2.40. The van der Waals surface area contributed by atoms with Gasteiger partial charge < -0.3 is 15.4 Å². The molecule has 5 heteroatoms. The third-order valence-electron chi connectivity index (χ3n) is 3.40. The molecule has 1 heterocycles. The molecule has 0 aliphatic carbocycles. The molecule has 2 aromatic rings. The van der Waals surface area contributed by atoms with Crippen LogP contribution in [0.25, 0.3) is 0 Å². The van der Waals surface area contributed by atoms with Gasteiger partial charge in [-0.2, -0.15) is 0 Å². The molecule has 0 fully saturated rings. The van der Waals surface area contributed by atoms with Gasteiger partial charge in [0.1, 0.15) is 12.4 Å². The topological polar surface area (TPSA) is 68.5 Å². The van der Waals surface area contributed by atoms with Crippen molar-refractivity contribution in [2.24, 2.45) is 5.73 Å². The van der Waals surface area contributed by atoms with E-state index in [1.165, 1.54) is 0 Å². The van der Waals surface area contributed by atoms with Crippen LogP contribution in [-0.2, 0) is 6.54 Å². The standard InChI is InChI=1S/C17H21N3O2/c1-13-5-3-4-6-16(13)22-10-9-20(2)17(21)14-7-8-19-15(11-14)12-18/h3-8,11H,9-10,12,18H2,1-2H3. The number of carbonyl (C=O) groups is 1. The van der Waals surface area contributed by atoms with Crippen LogP contribution in [-0.4, -0.2) is 36.0 Å². The van der Waals surface area contributed by atoms with Crippen molar-refractivity contribution < 1.29 is 9.53 Å². The first-order valence-electron chi connectivity index (χ1n) is 7.20. The summed E-state index contributed by atoms with van der Waals surface area (Å²) in [6.45, 7) is 3.27. The van der Waals surface area contributed by atoms with Crippen molar-refractivity contribution in [2.45, 2.75) is 13.5 Å². The molecule has 5 nitrogen and oxygen atoms in total. The minimum absolute atomic E-state index is 0.0644. The fraction of sp³-hybridized carbons (Fsp3) is 0.294. The number of likely N-dealkylation sites (N-methyl/N-ethyl adjacent to an activating group) is 1. The maximum Gasteiger partial charge on any atom is 0.253 e. The van der Waals surface area contributed by atoms with E-state index in [-0.39, 0.29) is 5.91 Å². The van der Waals surface area contributed by atoms with E-state index in [0.29, 0.717) is 31.0 Å². The molecular formula is C17H21N3O2. The molecule has 2 rings (SSSR count). The largest absolute Gasteiger partial charge is 0.491 e. The van der Waals surface area contributed by atoms with Crippen molar-refractivity contribution in [1.82, 2.24) is 9.88 Å². The van der Waals surface area contributed by atoms with Crippen molar-refractivity contribution in [2.75, 3.05) is 20.2 Å². The molecule has 0 spiro atoms. The highest BCUT2D eigenvalue weighted by Gasteiger charge is 2.12. The summed E-state index contributed by atoms with van der Waals surface area (Å²) in [7, 11) is 1.76. The summed E-state index contributed by atoms with van der Waals surface area (Å²) in [6, 6.07) is 11.2. The summed E-state index contributed by atoms with van der Waals surface area (Å²) in [4.78, 5) is 18.0. The lowest BCUT2D eigenvalue weighted by molar-refractivity contribution is 0.0773. The molecule has 0 radical (unpaired) electrons. The van der Waals surface area contributed by atoms with E-state index in [2.05, 4.69) is 4.98 Å². The molecule has 116 valence electrons. The summed E-state index contributed by atoms with van der Waals surface area (Å²) >= 11 is 0. The van der Waals surface area contributed by atoms with Gasteiger partial charge in [0.25, 0.3) is 5.91 Å². The number of amides is 1. The van der Waals surface area contributed by atoms with E-state index >= 15 is 0 Å². The van der Waals surface area contributed by atoms with Gasteiger partial charge in [-0.05, 0) is 30.7 Å². The SMILES string of the molecule is Cc1ccccc1OCCN(C)C(=O)c1ccnc(CN)c1. The number of aromatic nitrogens is 1. The molecule has 0 atom stereocenters. The Kier molecular flexibility index (Phi) is 5.49. The van der Waals surface area contributed by atoms with Gasteiger partial charge in [0, 0.05) is 25.4 Å². The van der Waals surface area contributed by atoms with Gasteiger partial charge in [-0.25, -0.2) is 0 Å². The van der Waals surface area contributed by atoms with Crippen LogP contribution in [0.4, 0.5) is 0 Å². The number of aryl methyl sites for hydroxylation is 1. The van der Waals surface area contributed by atoms with Crippen molar-refractivity contribution in [3.63, 3.8) is 0 Å². The predicted octanol–water partition coefficient (Wildman–Crippen LogP) is 2.00. The highest BCUT2D eigenvalue weighted by molar-refractivity contribution is 5.94. The first-order valence-corrected chi connectivity index (χ1v) is 7.20. The predicted molar refractivity (Wildman–Crippen MR) is 85.8 cm³/mol. The third kappa shape index (κ3) is 4.05. The summed E-state index contributed by atoms with van der Waals surface area (Å²) in [5, 5.41) is 0. The molecule has 2 N–H and O–H groups in total. The van der Waals surface area contributed by atoms with Gasteiger partial charge in [-0.3, -0.25) is 9.78 Å². The Morgan fingerprint density at radius 2 is 2.09 bits per heavy atom. The van der Waals surface area contributed by atoms with Gasteiger partial charge in [-0.15, -0.1) is 0 Å². The molecule has 22 heavy (non-hydrogen) atoms. The second kappa shape index (κ2) is 7.56. The van der Waals surface area contributed by atoms with Crippen LogP contribution in [0, 0.1) is 6.92 Å². The van der Waals surface area contributed by atoms with Crippen LogP contribution in [0.2, 0.25) is 0 Å². The van der Waals surface area contributed by atoms with E-state index in [0.717, 1.165) is 11.3 Å². The van der Waals surface area contributed by atoms with Crippen LogP contribution in [0.15, 0.2) is 42.6 Å². The van der Waals surface area contributed by atoms with E-state index < -0.39 is 0 Å². The summed E-state index contributed by atoms with van der Waals surface area (Å²) in [6.07, 6.45) is 1.60. The number of nitrogens with zero attached hydrogens (tertiary/aromatic N) is 2. The quantitative estimate of drug-likeness (QED) is 0.886. The summed E-state index contributed by atoms with van der Waals surface area (Å²) in [5.74, 6) is 0.781. The highest BCUT2D eigenvalue weighted by Crippen LogP contribution is 2.16. The fourth-order valence-corrected chi connectivity index (χ4v) is 2.06. The number of para-hydroxylation sites is 1. The Morgan fingerprint density at radius 1 is 1.32 bits per heavy atom. The van der Waals surface area contributed by atoms with Crippen LogP contribution >= 0.6 is 0 Å². The van der Waals surface area contributed by atoms with Crippen LogP contribution in [0.5, 0.6) is 5.75 Å². The van der Waals surface area contributed by atoms with Crippen molar-refractivity contribution in [1.29, 1.82) is 0 Å². The number of carbonyl (C=O) groups excluding carboxylic acids is 1. The molecule has 0 bridgehead atoms. The first-order chi connectivity index (χ1) is 10.6. The summed E-state index contributed by atoms with van der Waals surface area (Å²) < 4.78 is 5.71. The molecule has 0 saturated heterocycles. The minimum Gasteiger partial charge on any atom is -0.491 e. The monoisotopic (exact) mass is 299 g/mol. The van der Waals surface area contributed by atoms with E-state index in [1.807, 2.05) is 31.2 Å². The Labute approximate surface area is 130 Å². The number of rotatable bonds is 6. The normalized spacial score (nSPS) is 10.3. The van der Waals surface area contributed by atoms with Crippen LogP contribution in [0.3, 0.4) is 0 Å². The van der Waals surface area contributed by atoms with Gasteiger partial charge in [0.05, 0.1) is 12.2 Å². The molecular weight excluding hydrogens is 278 g/mol. The molecule has 0 unspecified atom stereocenters. The molecule has 1 aromatic carbocycles. The third-order valence-corrected chi connectivity index (χ3v) is 3.40. The fourth-order valence-electron chi connectivity index (χ4n) is 2.06. The van der Waals surface area contributed by atoms with Crippen molar-refractivity contribution >= 4 is 5.91 Å². The molecule has 1 aromatic heterocycles. The zero-order valence-corrected chi connectivity index (χ0v) is 13.0. The zero-order chi connectivity index (χ0) is 15.9. The van der Waals surface area contributed by atoms with E-state index in [4.69, 9.17) is 10.5 Å². The maximum absolute atomic E-state index is 12.3. The van der Waals surface area contributed by atoms with Gasteiger partial charge in [0.15, 0.2) is 0 Å². The number of hydrogen-bond acceptors (Lipinski definition) is 4. The van der Waals surface area contributed by atoms with Gasteiger partial charge in [-0.1, -0.05) is 18.2 Å². The number of pyridine rings is 1. The first kappa shape index (κ1) is 16.0. The average molecular weight is 299 g/mol. The Bertz CT molecular complexity index is 643. The number of ether oxygens (including phenoxy) is 1. The number of benzene rings is 1. The smallest absolute Gasteiger partial charge is 0.253 e. The number of nitrogens with two attached hydrogens (primary N) is 1. The lowest BCUT2D eigenvalue weighted by atomic mass is 10.2. The molecule has 0 saturated carbocycles. The number of hydrogen-bond donors (Lipinski definition) is 1. The highest BCUT2D eigenvalue weighted by atomic mass is 16.5. The zero-order valence-electron chi connectivity index (χ0n) is 13.0. The Balaban J connectivity index is 1.90. The molecule has 0 aliphatic heterocycles. The second-order valence-corrected chi connectivity index (χ2v) is 5.08. The molecule has 1 amide bonds. The van der Waals surface area contributed by atoms with Crippen molar-refractivity contribution in [3.8, 4) is 5.75 Å². The van der Waals surface area contributed by atoms with Crippen LogP contribution < -0.4 is 10.5 Å². The lowest BCUT2D eigenvalue weighted by Crippen LogP contribution is -2.31.